The van der Waals surface area contributed by atoms with Gasteiger partial charge in [-0.2, -0.15) is 0 Å². The molecule has 4 nitrogen and oxygen atoms in total. The minimum atomic E-state index is -0.279. The lowest BCUT2D eigenvalue weighted by Crippen LogP contribution is -2.41. The van der Waals surface area contributed by atoms with E-state index >= 15 is 0 Å². The third kappa shape index (κ3) is 3.19. The fraction of sp³-hybridized carbons (Fsp3) is 0.381. The predicted molar refractivity (Wildman–Crippen MR) is 101 cm³/mol. The molecule has 0 bridgehead atoms. The van der Waals surface area contributed by atoms with Crippen molar-refractivity contribution < 1.29 is 14.6 Å². The molecule has 1 aliphatic carbocycles. The van der Waals surface area contributed by atoms with Gasteiger partial charge in [-0.05, 0) is 60.6 Å². The molecule has 26 heavy (non-hydrogen) atoms. The minimum absolute atomic E-state index is 0.146. The highest BCUT2D eigenvalue weighted by atomic mass is 35.5. The maximum absolute atomic E-state index is 12.9. The molecular formula is C21H22ClNO3. The Bertz CT molecular complexity index is 825. The SMILES string of the molecule is Cc1cccc(Cl)c1C(=O)N[C@@H](c1ccc2c(c1)CCO2)C1CC(O)C1. The summed E-state index contributed by atoms with van der Waals surface area (Å²) < 4.78 is 5.59. The first-order valence-electron chi connectivity index (χ1n) is 9.02. The second kappa shape index (κ2) is 6.93. The maximum Gasteiger partial charge on any atom is 0.253 e. The number of carbonyl (C=O) groups excluding carboxylic acids is 1. The van der Waals surface area contributed by atoms with Crippen molar-refractivity contribution in [3.05, 3.63) is 63.7 Å². The molecule has 0 unspecified atom stereocenters. The van der Waals surface area contributed by atoms with Gasteiger partial charge in [0.1, 0.15) is 5.75 Å². The van der Waals surface area contributed by atoms with E-state index in [1.165, 1.54) is 5.56 Å². The molecule has 2 aliphatic rings. The van der Waals surface area contributed by atoms with Crippen molar-refractivity contribution in [2.45, 2.75) is 38.3 Å². The maximum atomic E-state index is 12.9. The fourth-order valence-electron chi connectivity index (χ4n) is 3.91. The normalized spacial score (nSPS) is 22.1. The summed E-state index contributed by atoms with van der Waals surface area (Å²) in [5.41, 5.74) is 3.60. The number of hydrogen-bond donors (Lipinski definition) is 2. The first-order chi connectivity index (χ1) is 12.5. The molecule has 0 radical (unpaired) electrons. The van der Waals surface area contributed by atoms with Gasteiger partial charge in [0.15, 0.2) is 0 Å². The smallest absolute Gasteiger partial charge is 0.253 e. The number of amides is 1. The molecule has 2 aromatic carbocycles. The predicted octanol–water partition coefficient (Wildman–Crippen LogP) is 3.83. The van der Waals surface area contributed by atoms with E-state index in [0.29, 0.717) is 30.0 Å². The van der Waals surface area contributed by atoms with E-state index in [1.54, 1.807) is 6.07 Å². The van der Waals surface area contributed by atoms with E-state index in [-0.39, 0.29) is 24.0 Å². The molecule has 2 aromatic rings. The zero-order valence-electron chi connectivity index (χ0n) is 14.7. The second-order valence-electron chi connectivity index (χ2n) is 7.23. The number of ether oxygens (including phenoxy) is 1. The Labute approximate surface area is 158 Å². The molecule has 5 heteroatoms. The van der Waals surface area contributed by atoms with Crippen LogP contribution < -0.4 is 10.1 Å². The molecule has 1 fully saturated rings. The van der Waals surface area contributed by atoms with Crippen LogP contribution in [-0.2, 0) is 6.42 Å². The van der Waals surface area contributed by atoms with Crippen molar-refractivity contribution in [3.63, 3.8) is 0 Å². The van der Waals surface area contributed by atoms with Crippen molar-refractivity contribution in [2.24, 2.45) is 5.92 Å². The van der Waals surface area contributed by atoms with Crippen LogP contribution in [0.5, 0.6) is 5.75 Å². The van der Waals surface area contributed by atoms with E-state index in [4.69, 9.17) is 16.3 Å². The molecule has 0 saturated heterocycles. The zero-order chi connectivity index (χ0) is 18.3. The molecule has 2 N–H and O–H groups in total. The number of fused-ring (bicyclic) bond motifs is 1. The highest BCUT2D eigenvalue weighted by molar-refractivity contribution is 6.34. The Balaban J connectivity index is 1.63. The molecule has 0 aromatic heterocycles. The van der Waals surface area contributed by atoms with E-state index in [0.717, 1.165) is 23.3 Å². The van der Waals surface area contributed by atoms with Crippen LogP contribution in [0.25, 0.3) is 0 Å². The average molecular weight is 372 g/mol. The summed E-state index contributed by atoms with van der Waals surface area (Å²) in [4.78, 5) is 12.9. The molecule has 0 spiro atoms. The Kier molecular flexibility index (Phi) is 4.63. The summed E-state index contributed by atoms with van der Waals surface area (Å²) in [6.45, 7) is 2.59. The summed E-state index contributed by atoms with van der Waals surface area (Å²) in [7, 11) is 0. The first-order valence-corrected chi connectivity index (χ1v) is 9.40. The van der Waals surface area contributed by atoms with Gasteiger partial charge < -0.3 is 15.2 Å². The number of hydrogen-bond acceptors (Lipinski definition) is 3. The summed E-state index contributed by atoms with van der Waals surface area (Å²) in [5.74, 6) is 0.975. The van der Waals surface area contributed by atoms with Crippen molar-refractivity contribution in [1.82, 2.24) is 5.32 Å². The zero-order valence-corrected chi connectivity index (χ0v) is 15.4. The summed E-state index contributed by atoms with van der Waals surface area (Å²) >= 11 is 6.26. The van der Waals surface area contributed by atoms with Crippen LogP contribution in [-0.4, -0.2) is 23.7 Å². The third-order valence-electron chi connectivity index (χ3n) is 5.43. The van der Waals surface area contributed by atoms with Crippen LogP contribution in [0.2, 0.25) is 5.02 Å². The van der Waals surface area contributed by atoms with Gasteiger partial charge in [0.2, 0.25) is 0 Å². The summed E-state index contributed by atoms with van der Waals surface area (Å²) in [6.07, 6.45) is 2.00. The highest BCUT2D eigenvalue weighted by Gasteiger charge is 2.36. The number of aliphatic hydroxyl groups excluding tert-OH is 1. The van der Waals surface area contributed by atoms with E-state index in [1.807, 2.05) is 31.2 Å². The highest BCUT2D eigenvalue weighted by Crippen LogP contribution is 2.40. The summed E-state index contributed by atoms with van der Waals surface area (Å²) in [6, 6.07) is 11.4. The van der Waals surface area contributed by atoms with Crippen LogP contribution >= 0.6 is 11.6 Å². The van der Waals surface area contributed by atoms with Gasteiger partial charge in [0.25, 0.3) is 5.91 Å². The number of rotatable bonds is 4. The number of halogens is 1. The van der Waals surface area contributed by atoms with Crippen molar-refractivity contribution in [2.75, 3.05) is 6.61 Å². The standard InChI is InChI=1S/C21H22ClNO3/c1-12-3-2-4-17(22)19(12)21(25)23-20(15-10-16(24)11-15)14-5-6-18-13(9-14)7-8-26-18/h2-6,9,15-16,20,24H,7-8,10-11H2,1H3,(H,23,25)/t15?,16?,20-/m0/s1. The second-order valence-corrected chi connectivity index (χ2v) is 7.64. The number of benzene rings is 2. The molecule has 136 valence electrons. The first kappa shape index (κ1) is 17.4. The van der Waals surface area contributed by atoms with Crippen LogP contribution in [0.3, 0.4) is 0 Å². The Morgan fingerprint density at radius 2 is 2.12 bits per heavy atom. The van der Waals surface area contributed by atoms with Gasteiger partial charge in [-0.25, -0.2) is 0 Å². The number of nitrogens with one attached hydrogen (secondary N) is 1. The number of aryl methyl sites for hydroxylation is 1. The average Bonchev–Trinajstić information content (AvgIpc) is 3.04. The van der Waals surface area contributed by atoms with Gasteiger partial charge in [-0.1, -0.05) is 29.8 Å². The largest absolute Gasteiger partial charge is 0.493 e. The van der Waals surface area contributed by atoms with Crippen LogP contribution in [0.4, 0.5) is 0 Å². The molecule has 4 rings (SSSR count). The Morgan fingerprint density at radius 1 is 1.31 bits per heavy atom. The van der Waals surface area contributed by atoms with Gasteiger partial charge >= 0.3 is 0 Å². The van der Waals surface area contributed by atoms with Gasteiger partial charge in [0, 0.05) is 6.42 Å². The molecular weight excluding hydrogens is 350 g/mol. The summed E-state index contributed by atoms with van der Waals surface area (Å²) in [5, 5.41) is 13.4. The Morgan fingerprint density at radius 3 is 2.85 bits per heavy atom. The van der Waals surface area contributed by atoms with Gasteiger partial charge in [-0.3, -0.25) is 4.79 Å². The monoisotopic (exact) mass is 371 g/mol. The van der Waals surface area contributed by atoms with Crippen LogP contribution in [0.15, 0.2) is 36.4 Å². The molecule has 1 saturated carbocycles. The molecule has 1 heterocycles. The topological polar surface area (TPSA) is 58.6 Å². The molecule has 1 aliphatic heterocycles. The number of carbonyl (C=O) groups is 1. The quantitative estimate of drug-likeness (QED) is 0.858. The Hall–Kier alpha value is -2.04. The van der Waals surface area contributed by atoms with E-state index in [9.17, 15) is 9.90 Å². The van der Waals surface area contributed by atoms with Gasteiger partial charge in [-0.15, -0.1) is 0 Å². The van der Waals surface area contributed by atoms with Crippen molar-refractivity contribution >= 4 is 17.5 Å². The number of aliphatic hydroxyl groups is 1. The lowest BCUT2D eigenvalue weighted by atomic mass is 9.74. The lowest BCUT2D eigenvalue weighted by molar-refractivity contribution is 0.0235. The molecule has 1 atom stereocenters. The van der Waals surface area contributed by atoms with Crippen LogP contribution in [0.1, 0.15) is 45.9 Å². The minimum Gasteiger partial charge on any atom is -0.493 e. The van der Waals surface area contributed by atoms with Crippen LogP contribution in [0, 0.1) is 12.8 Å². The molecule has 1 amide bonds. The van der Waals surface area contributed by atoms with E-state index in [2.05, 4.69) is 11.4 Å². The van der Waals surface area contributed by atoms with Crippen molar-refractivity contribution in [3.8, 4) is 5.75 Å². The third-order valence-corrected chi connectivity index (χ3v) is 5.74. The fourth-order valence-corrected chi connectivity index (χ4v) is 4.22. The van der Waals surface area contributed by atoms with Gasteiger partial charge in [0.05, 0.1) is 29.3 Å². The lowest BCUT2D eigenvalue weighted by Gasteiger charge is -2.38. The van der Waals surface area contributed by atoms with E-state index < -0.39 is 0 Å². The van der Waals surface area contributed by atoms with Crippen molar-refractivity contribution in [1.29, 1.82) is 0 Å².